The molecule has 1 amide bonds. The van der Waals surface area contributed by atoms with Gasteiger partial charge in [-0.25, -0.2) is 0 Å². The van der Waals surface area contributed by atoms with Gasteiger partial charge in [-0.3, -0.25) is 14.7 Å². The fraction of sp³-hybridized carbons (Fsp3) is 0.333. The highest BCUT2D eigenvalue weighted by Crippen LogP contribution is 2.27. The van der Waals surface area contributed by atoms with Gasteiger partial charge in [0.1, 0.15) is 0 Å². The van der Waals surface area contributed by atoms with Gasteiger partial charge in [0, 0.05) is 37.2 Å². The molecule has 100 valence electrons. The molecule has 0 aliphatic rings. The van der Waals surface area contributed by atoms with Crippen LogP contribution in [0.15, 0.2) is 24.5 Å². The van der Waals surface area contributed by atoms with E-state index in [2.05, 4.69) is 15.2 Å². The second-order valence-corrected chi connectivity index (χ2v) is 5.77. The molecular formula is C12H14N4OS2. The van der Waals surface area contributed by atoms with Crippen LogP contribution in [-0.4, -0.2) is 40.1 Å². The number of thioether (sulfide) groups is 1. The monoisotopic (exact) mass is 294 g/mol. The van der Waals surface area contributed by atoms with Crippen molar-refractivity contribution in [2.45, 2.75) is 6.42 Å². The molecule has 0 aliphatic heterocycles. The van der Waals surface area contributed by atoms with Crippen molar-refractivity contribution in [3.05, 3.63) is 24.5 Å². The predicted molar refractivity (Wildman–Crippen MR) is 79.5 cm³/mol. The molecule has 0 atom stereocenters. The van der Waals surface area contributed by atoms with Crippen LogP contribution in [0.25, 0.3) is 10.6 Å². The summed E-state index contributed by atoms with van der Waals surface area (Å²) in [4.78, 5) is 17.5. The van der Waals surface area contributed by atoms with Crippen LogP contribution in [0.2, 0.25) is 0 Å². The maximum atomic E-state index is 11.9. The number of hydrogen-bond acceptors (Lipinski definition) is 6. The van der Waals surface area contributed by atoms with Gasteiger partial charge >= 0.3 is 0 Å². The van der Waals surface area contributed by atoms with E-state index in [0.717, 1.165) is 16.3 Å². The standard InChI is InChI=1S/C12H14N4OS2/c1-16(10(17)5-7-18-2)12-15-14-11(19-12)9-4-3-6-13-8-9/h3-4,6,8H,5,7H2,1-2H3. The van der Waals surface area contributed by atoms with E-state index in [1.54, 1.807) is 36.1 Å². The minimum absolute atomic E-state index is 0.0586. The van der Waals surface area contributed by atoms with E-state index < -0.39 is 0 Å². The molecule has 0 radical (unpaired) electrons. The van der Waals surface area contributed by atoms with Gasteiger partial charge in [-0.05, 0) is 18.4 Å². The minimum Gasteiger partial charge on any atom is -0.290 e. The molecule has 2 aromatic rings. The van der Waals surface area contributed by atoms with Gasteiger partial charge in [0.25, 0.3) is 0 Å². The SMILES string of the molecule is CSCCC(=O)N(C)c1nnc(-c2cccnc2)s1. The molecule has 0 spiro atoms. The number of nitrogens with zero attached hydrogens (tertiary/aromatic N) is 4. The van der Waals surface area contributed by atoms with E-state index in [1.165, 1.54) is 11.3 Å². The van der Waals surface area contributed by atoms with E-state index in [9.17, 15) is 4.79 Å². The minimum atomic E-state index is 0.0586. The van der Waals surface area contributed by atoms with Crippen molar-refractivity contribution in [3.8, 4) is 10.6 Å². The number of aromatic nitrogens is 3. The van der Waals surface area contributed by atoms with Crippen molar-refractivity contribution in [1.82, 2.24) is 15.2 Å². The van der Waals surface area contributed by atoms with Crippen LogP contribution < -0.4 is 4.90 Å². The summed E-state index contributed by atoms with van der Waals surface area (Å²) in [5, 5.41) is 9.55. The Morgan fingerprint density at radius 1 is 1.47 bits per heavy atom. The second kappa shape index (κ2) is 6.63. The Morgan fingerprint density at radius 2 is 2.32 bits per heavy atom. The summed E-state index contributed by atoms with van der Waals surface area (Å²) in [7, 11) is 1.73. The summed E-state index contributed by atoms with van der Waals surface area (Å²) in [6.45, 7) is 0. The Morgan fingerprint density at radius 3 is 3.00 bits per heavy atom. The van der Waals surface area contributed by atoms with E-state index >= 15 is 0 Å². The Kier molecular flexibility index (Phi) is 4.86. The van der Waals surface area contributed by atoms with Gasteiger partial charge in [-0.1, -0.05) is 11.3 Å². The summed E-state index contributed by atoms with van der Waals surface area (Å²) in [5.74, 6) is 0.875. The average Bonchev–Trinajstić information content (AvgIpc) is 2.94. The van der Waals surface area contributed by atoms with E-state index in [-0.39, 0.29) is 5.91 Å². The lowest BCUT2D eigenvalue weighted by Gasteiger charge is -2.12. The molecule has 2 aromatic heterocycles. The summed E-state index contributed by atoms with van der Waals surface area (Å²) >= 11 is 3.05. The van der Waals surface area contributed by atoms with E-state index in [1.807, 2.05) is 18.4 Å². The van der Waals surface area contributed by atoms with Crippen LogP contribution in [0.3, 0.4) is 0 Å². The molecule has 19 heavy (non-hydrogen) atoms. The molecule has 0 unspecified atom stereocenters. The first-order valence-electron chi connectivity index (χ1n) is 5.71. The van der Waals surface area contributed by atoms with Crippen molar-refractivity contribution in [3.63, 3.8) is 0 Å². The Balaban J connectivity index is 2.11. The molecule has 0 bridgehead atoms. The molecule has 0 aliphatic carbocycles. The van der Waals surface area contributed by atoms with Crippen LogP contribution in [0, 0.1) is 0 Å². The summed E-state index contributed by atoms with van der Waals surface area (Å²) in [5.41, 5.74) is 0.913. The molecule has 0 saturated heterocycles. The van der Waals surface area contributed by atoms with Crippen molar-refractivity contribution < 1.29 is 4.79 Å². The lowest BCUT2D eigenvalue weighted by atomic mass is 10.3. The molecule has 2 rings (SSSR count). The zero-order valence-electron chi connectivity index (χ0n) is 10.7. The molecule has 7 heteroatoms. The third-order valence-electron chi connectivity index (χ3n) is 2.50. The molecule has 0 aromatic carbocycles. The third-order valence-corrected chi connectivity index (χ3v) is 4.17. The maximum absolute atomic E-state index is 11.9. The van der Waals surface area contributed by atoms with Gasteiger partial charge in [-0.15, -0.1) is 10.2 Å². The van der Waals surface area contributed by atoms with Crippen LogP contribution >= 0.6 is 23.1 Å². The lowest BCUT2D eigenvalue weighted by Crippen LogP contribution is -2.26. The predicted octanol–water partition coefficient (Wildman–Crippen LogP) is 2.32. The van der Waals surface area contributed by atoms with Gasteiger partial charge in [0.15, 0.2) is 5.01 Å². The van der Waals surface area contributed by atoms with Crippen LogP contribution in [0.1, 0.15) is 6.42 Å². The number of carbonyl (C=O) groups excluding carboxylic acids is 1. The second-order valence-electron chi connectivity index (χ2n) is 3.83. The smallest absolute Gasteiger partial charge is 0.229 e. The molecular weight excluding hydrogens is 280 g/mol. The molecule has 5 nitrogen and oxygen atoms in total. The third kappa shape index (κ3) is 3.51. The highest BCUT2D eigenvalue weighted by atomic mass is 32.2. The van der Waals surface area contributed by atoms with Gasteiger partial charge in [0.2, 0.25) is 11.0 Å². The van der Waals surface area contributed by atoms with Crippen LogP contribution in [0.5, 0.6) is 0 Å². The molecule has 2 heterocycles. The normalized spacial score (nSPS) is 10.4. The lowest BCUT2D eigenvalue weighted by molar-refractivity contribution is -0.117. The van der Waals surface area contributed by atoms with Crippen molar-refractivity contribution in [1.29, 1.82) is 0 Å². The summed E-state index contributed by atoms with van der Waals surface area (Å²) < 4.78 is 0. The van der Waals surface area contributed by atoms with Gasteiger partial charge in [-0.2, -0.15) is 11.8 Å². The van der Waals surface area contributed by atoms with Crippen LogP contribution in [0.4, 0.5) is 5.13 Å². The first kappa shape index (κ1) is 14.0. The fourth-order valence-electron chi connectivity index (χ4n) is 1.42. The zero-order valence-corrected chi connectivity index (χ0v) is 12.4. The van der Waals surface area contributed by atoms with E-state index in [0.29, 0.717) is 11.6 Å². The number of carbonyl (C=O) groups is 1. The molecule has 0 fully saturated rings. The van der Waals surface area contributed by atoms with E-state index in [4.69, 9.17) is 0 Å². The largest absolute Gasteiger partial charge is 0.290 e. The number of hydrogen-bond donors (Lipinski definition) is 0. The zero-order chi connectivity index (χ0) is 13.7. The number of anilines is 1. The quantitative estimate of drug-likeness (QED) is 0.847. The number of pyridine rings is 1. The first-order chi connectivity index (χ1) is 9.22. The number of rotatable bonds is 5. The average molecular weight is 294 g/mol. The van der Waals surface area contributed by atoms with Crippen molar-refractivity contribution in [2.24, 2.45) is 0 Å². The summed E-state index contributed by atoms with van der Waals surface area (Å²) in [6, 6.07) is 3.77. The van der Waals surface area contributed by atoms with Gasteiger partial charge < -0.3 is 0 Å². The van der Waals surface area contributed by atoms with Crippen molar-refractivity contribution >= 4 is 34.1 Å². The number of amides is 1. The topological polar surface area (TPSA) is 59.0 Å². The highest BCUT2D eigenvalue weighted by Gasteiger charge is 2.15. The Bertz CT molecular complexity index is 544. The first-order valence-corrected chi connectivity index (χ1v) is 7.93. The Hall–Kier alpha value is -1.47. The maximum Gasteiger partial charge on any atom is 0.229 e. The van der Waals surface area contributed by atoms with Gasteiger partial charge in [0.05, 0.1) is 0 Å². The fourth-order valence-corrected chi connectivity index (χ4v) is 2.61. The molecule has 0 N–H and O–H groups in total. The Labute approximate surface area is 120 Å². The molecule has 0 saturated carbocycles. The summed E-state index contributed by atoms with van der Waals surface area (Å²) in [6.07, 6.45) is 5.95. The van der Waals surface area contributed by atoms with Crippen molar-refractivity contribution in [2.75, 3.05) is 24.0 Å². The highest BCUT2D eigenvalue weighted by molar-refractivity contribution is 7.98. The van der Waals surface area contributed by atoms with Crippen LogP contribution in [-0.2, 0) is 4.79 Å².